The van der Waals surface area contributed by atoms with Crippen LogP contribution in [0.3, 0.4) is 0 Å². The van der Waals surface area contributed by atoms with E-state index in [0.29, 0.717) is 27.7 Å². The van der Waals surface area contributed by atoms with Gasteiger partial charge in [0, 0.05) is 5.69 Å². The van der Waals surface area contributed by atoms with Gasteiger partial charge in [0.05, 0.1) is 17.8 Å². The number of nitrogens with two attached hydrogens (primary N) is 1. The highest BCUT2D eigenvalue weighted by molar-refractivity contribution is 6.34. The number of aryl methyl sites for hydroxylation is 1. The first-order chi connectivity index (χ1) is 9.54. The number of methoxy groups -OCH3 is 1. The van der Waals surface area contributed by atoms with Gasteiger partial charge in [-0.25, -0.2) is 0 Å². The van der Waals surface area contributed by atoms with E-state index in [1.807, 2.05) is 19.1 Å². The zero-order chi connectivity index (χ0) is 14.7. The number of anilines is 2. The largest absolute Gasteiger partial charge is 0.496 e. The standard InChI is InChI=1S/C15H15ClN2O2/c1-9-5-3-6-10(16)14(9)18-15(19)13-11(17)7-4-8-12(13)20-2/h3-8H,17H2,1-2H3,(H,18,19). The summed E-state index contributed by atoms with van der Waals surface area (Å²) in [5.41, 5.74) is 7.96. The molecule has 0 aliphatic carbocycles. The molecular formula is C15H15ClN2O2. The van der Waals surface area contributed by atoms with Crippen LogP contribution in [0, 0.1) is 6.92 Å². The molecule has 0 heterocycles. The molecule has 5 heteroatoms. The number of carbonyl (C=O) groups is 1. The zero-order valence-corrected chi connectivity index (χ0v) is 12.0. The van der Waals surface area contributed by atoms with Crippen LogP contribution in [0.1, 0.15) is 15.9 Å². The van der Waals surface area contributed by atoms with Crippen LogP contribution in [0.2, 0.25) is 5.02 Å². The summed E-state index contributed by atoms with van der Waals surface area (Å²) < 4.78 is 5.17. The Balaban J connectivity index is 2.39. The fraction of sp³-hybridized carbons (Fsp3) is 0.133. The second kappa shape index (κ2) is 5.84. The van der Waals surface area contributed by atoms with E-state index >= 15 is 0 Å². The van der Waals surface area contributed by atoms with Gasteiger partial charge in [-0.15, -0.1) is 0 Å². The van der Waals surface area contributed by atoms with Crippen molar-refractivity contribution in [2.75, 3.05) is 18.2 Å². The number of nitrogen functional groups attached to an aromatic ring is 1. The molecule has 0 aliphatic rings. The lowest BCUT2D eigenvalue weighted by Crippen LogP contribution is -2.16. The fourth-order valence-electron chi connectivity index (χ4n) is 1.93. The molecule has 0 atom stereocenters. The summed E-state index contributed by atoms with van der Waals surface area (Å²) in [7, 11) is 1.49. The molecule has 0 saturated carbocycles. The van der Waals surface area contributed by atoms with Crippen molar-refractivity contribution in [1.29, 1.82) is 0 Å². The molecule has 3 N–H and O–H groups in total. The number of amides is 1. The molecule has 0 spiro atoms. The molecule has 104 valence electrons. The maximum absolute atomic E-state index is 12.4. The SMILES string of the molecule is COc1cccc(N)c1C(=O)Nc1c(C)cccc1Cl. The lowest BCUT2D eigenvalue weighted by molar-refractivity contribution is 0.102. The van der Waals surface area contributed by atoms with Crippen molar-refractivity contribution >= 4 is 28.9 Å². The molecule has 0 bridgehead atoms. The van der Waals surface area contributed by atoms with E-state index in [-0.39, 0.29) is 5.91 Å². The number of hydrogen-bond donors (Lipinski definition) is 2. The third-order valence-corrected chi connectivity index (χ3v) is 3.28. The molecule has 4 nitrogen and oxygen atoms in total. The molecular weight excluding hydrogens is 276 g/mol. The second-order valence-electron chi connectivity index (χ2n) is 4.31. The first-order valence-electron chi connectivity index (χ1n) is 6.03. The van der Waals surface area contributed by atoms with E-state index in [0.717, 1.165) is 5.56 Å². The minimum Gasteiger partial charge on any atom is -0.496 e. The molecule has 2 aromatic rings. The lowest BCUT2D eigenvalue weighted by Gasteiger charge is -2.13. The van der Waals surface area contributed by atoms with Crippen molar-refractivity contribution in [2.45, 2.75) is 6.92 Å². The smallest absolute Gasteiger partial charge is 0.261 e. The van der Waals surface area contributed by atoms with Crippen LogP contribution >= 0.6 is 11.6 Å². The summed E-state index contributed by atoms with van der Waals surface area (Å²) in [4.78, 5) is 12.4. The third-order valence-electron chi connectivity index (χ3n) is 2.97. The van der Waals surface area contributed by atoms with Crippen LogP contribution in [0.5, 0.6) is 5.75 Å². The van der Waals surface area contributed by atoms with Gasteiger partial charge in [-0.3, -0.25) is 4.79 Å². The van der Waals surface area contributed by atoms with Crippen molar-refractivity contribution in [1.82, 2.24) is 0 Å². The Bertz CT molecular complexity index is 636. The summed E-state index contributed by atoms with van der Waals surface area (Å²) in [6.45, 7) is 1.87. The first-order valence-corrected chi connectivity index (χ1v) is 6.41. The Labute approximate surface area is 122 Å². The molecule has 2 aromatic carbocycles. The molecule has 2 rings (SSSR count). The number of ether oxygens (including phenoxy) is 1. The molecule has 0 fully saturated rings. The van der Waals surface area contributed by atoms with Gasteiger partial charge in [-0.1, -0.05) is 29.8 Å². The highest BCUT2D eigenvalue weighted by Gasteiger charge is 2.17. The Morgan fingerprint density at radius 3 is 2.60 bits per heavy atom. The monoisotopic (exact) mass is 290 g/mol. The normalized spacial score (nSPS) is 10.2. The van der Waals surface area contributed by atoms with Crippen molar-refractivity contribution in [3.63, 3.8) is 0 Å². The zero-order valence-electron chi connectivity index (χ0n) is 11.2. The van der Waals surface area contributed by atoms with Crippen LogP contribution in [0.4, 0.5) is 11.4 Å². The second-order valence-corrected chi connectivity index (χ2v) is 4.72. The quantitative estimate of drug-likeness (QED) is 0.851. The van der Waals surface area contributed by atoms with Gasteiger partial charge in [-0.05, 0) is 30.7 Å². The molecule has 0 unspecified atom stereocenters. The Morgan fingerprint density at radius 2 is 1.95 bits per heavy atom. The lowest BCUT2D eigenvalue weighted by atomic mass is 10.1. The molecule has 0 aliphatic heterocycles. The first kappa shape index (κ1) is 14.2. The van der Waals surface area contributed by atoms with E-state index in [2.05, 4.69) is 5.32 Å². The van der Waals surface area contributed by atoms with Gasteiger partial charge in [0.1, 0.15) is 11.3 Å². The van der Waals surface area contributed by atoms with Gasteiger partial charge >= 0.3 is 0 Å². The average molecular weight is 291 g/mol. The number of para-hydroxylation sites is 1. The van der Waals surface area contributed by atoms with Crippen LogP contribution < -0.4 is 15.8 Å². The summed E-state index contributed by atoms with van der Waals surface area (Å²) in [5.74, 6) is 0.0726. The van der Waals surface area contributed by atoms with Crippen molar-refractivity contribution in [3.05, 3.63) is 52.5 Å². The van der Waals surface area contributed by atoms with E-state index in [9.17, 15) is 4.79 Å². The fourth-order valence-corrected chi connectivity index (χ4v) is 2.20. The predicted octanol–water partition coefficient (Wildman–Crippen LogP) is 3.49. The van der Waals surface area contributed by atoms with Crippen LogP contribution in [-0.2, 0) is 0 Å². The van der Waals surface area contributed by atoms with E-state index < -0.39 is 0 Å². The number of rotatable bonds is 3. The Kier molecular flexibility index (Phi) is 4.15. The number of nitrogens with one attached hydrogen (secondary N) is 1. The summed E-state index contributed by atoms with van der Waals surface area (Å²) >= 11 is 6.10. The molecule has 20 heavy (non-hydrogen) atoms. The van der Waals surface area contributed by atoms with Crippen molar-refractivity contribution in [3.8, 4) is 5.75 Å². The van der Waals surface area contributed by atoms with Crippen molar-refractivity contribution < 1.29 is 9.53 Å². The van der Waals surface area contributed by atoms with Gasteiger partial charge < -0.3 is 15.8 Å². The van der Waals surface area contributed by atoms with Gasteiger partial charge in [0.25, 0.3) is 5.91 Å². The number of hydrogen-bond acceptors (Lipinski definition) is 3. The van der Waals surface area contributed by atoms with Crippen molar-refractivity contribution in [2.24, 2.45) is 0 Å². The predicted molar refractivity (Wildman–Crippen MR) is 81.5 cm³/mol. The Hall–Kier alpha value is -2.20. The van der Waals surface area contributed by atoms with E-state index in [1.54, 1.807) is 24.3 Å². The summed E-state index contributed by atoms with van der Waals surface area (Å²) in [5, 5.41) is 3.26. The third kappa shape index (κ3) is 2.70. The van der Waals surface area contributed by atoms with E-state index in [4.69, 9.17) is 22.1 Å². The molecule has 0 radical (unpaired) electrons. The van der Waals surface area contributed by atoms with Crippen LogP contribution in [0.15, 0.2) is 36.4 Å². The molecule has 0 saturated heterocycles. The van der Waals surface area contributed by atoms with Gasteiger partial charge in [0.2, 0.25) is 0 Å². The van der Waals surface area contributed by atoms with Crippen LogP contribution in [0.25, 0.3) is 0 Å². The van der Waals surface area contributed by atoms with Gasteiger partial charge in [0.15, 0.2) is 0 Å². The van der Waals surface area contributed by atoms with Gasteiger partial charge in [-0.2, -0.15) is 0 Å². The minimum atomic E-state index is -0.351. The maximum Gasteiger partial charge on any atom is 0.261 e. The maximum atomic E-state index is 12.4. The minimum absolute atomic E-state index is 0.300. The molecule has 1 amide bonds. The summed E-state index contributed by atoms with van der Waals surface area (Å²) in [6, 6.07) is 10.5. The summed E-state index contributed by atoms with van der Waals surface area (Å²) in [6.07, 6.45) is 0. The van der Waals surface area contributed by atoms with E-state index in [1.165, 1.54) is 7.11 Å². The number of benzene rings is 2. The number of carbonyl (C=O) groups excluding carboxylic acids is 1. The molecule has 0 aromatic heterocycles. The average Bonchev–Trinajstić information content (AvgIpc) is 2.42. The highest BCUT2D eigenvalue weighted by atomic mass is 35.5. The number of halogens is 1. The Morgan fingerprint density at radius 1 is 1.25 bits per heavy atom. The highest BCUT2D eigenvalue weighted by Crippen LogP contribution is 2.29. The van der Waals surface area contributed by atoms with Crippen LogP contribution in [-0.4, -0.2) is 13.0 Å². The topological polar surface area (TPSA) is 64.3 Å².